The molecule has 2 bridgehead atoms. The highest BCUT2D eigenvalue weighted by Gasteiger charge is 2.68. The van der Waals surface area contributed by atoms with Crippen LogP contribution in [-0.4, -0.2) is 46.0 Å². The predicted molar refractivity (Wildman–Crippen MR) is 159 cm³/mol. The molecule has 3 aromatic rings. The standard InChI is InChI=1S/C33H24BrClN2O6/c34-20-7-1-19(2-8-20)33(42)43-22-11-5-17(6-12-22)27(38)16-36(30(39)18-3-9-21(35)10-4-18)37-31(40)28-23-13-14-24(26-15-25(23)26)29(28)32(37)41/h1-14,23-26,28-29H,15-16H2/t23-,24-,25-,26+,28+,29+/m0/s1. The second-order valence-corrected chi connectivity index (χ2v) is 12.7. The van der Waals surface area contributed by atoms with Gasteiger partial charge in [0.05, 0.1) is 17.4 Å². The molecule has 43 heavy (non-hydrogen) atoms. The van der Waals surface area contributed by atoms with Gasteiger partial charge in [-0.3, -0.25) is 19.2 Å². The Morgan fingerprint density at radius 3 is 1.91 bits per heavy atom. The van der Waals surface area contributed by atoms with E-state index in [-0.39, 0.29) is 28.7 Å². The lowest BCUT2D eigenvalue weighted by Gasteiger charge is -2.37. The lowest BCUT2D eigenvalue weighted by atomic mass is 9.63. The molecule has 0 spiro atoms. The first-order chi connectivity index (χ1) is 20.7. The van der Waals surface area contributed by atoms with E-state index < -0.39 is 47.9 Å². The number of rotatable bonds is 7. The average Bonchev–Trinajstić information content (AvgIpc) is 3.79. The summed E-state index contributed by atoms with van der Waals surface area (Å²) in [5.41, 5.74) is 0.768. The van der Waals surface area contributed by atoms with Crippen LogP contribution in [0, 0.1) is 35.5 Å². The summed E-state index contributed by atoms with van der Waals surface area (Å²) in [6.07, 6.45) is 5.11. The van der Waals surface area contributed by atoms with Crippen LogP contribution >= 0.6 is 27.5 Å². The van der Waals surface area contributed by atoms with Gasteiger partial charge in [0.2, 0.25) is 0 Å². The number of hydrazine groups is 1. The summed E-state index contributed by atoms with van der Waals surface area (Å²) in [5.74, 6) is -2.68. The van der Waals surface area contributed by atoms with Gasteiger partial charge in [-0.05, 0) is 103 Å². The van der Waals surface area contributed by atoms with E-state index in [1.54, 1.807) is 24.3 Å². The zero-order chi connectivity index (χ0) is 30.0. The Labute approximate surface area is 260 Å². The first-order valence-corrected chi connectivity index (χ1v) is 15.1. The summed E-state index contributed by atoms with van der Waals surface area (Å²) in [7, 11) is 0. The van der Waals surface area contributed by atoms with Gasteiger partial charge in [-0.2, -0.15) is 5.01 Å². The number of hydrogen-bond donors (Lipinski definition) is 0. The number of Topliss-reactive ketones (excluding diaryl/α,β-unsaturated/α-hetero) is 1. The smallest absolute Gasteiger partial charge is 0.343 e. The van der Waals surface area contributed by atoms with Gasteiger partial charge in [-0.15, -0.1) is 0 Å². The molecule has 3 fully saturated rings. The molecule has 0 radical (unpaired) electrons. The van der Waals surface area contributed by atoms with Crippen LogP contribution in [0.5, 0.6) is 5.75 Å². The lowest BCUT2D eigenvalue weighted by Crippen LogP contribution is -2.52. The number of carbonyl (C=O) groups is 5. The maximum Gasteiger partial charge on any atom is 0.343 e. The molecule has 3 amide bonds. The van der Waals surface area contributed by atoms with Crippen molar-refractivity contribution in [2.24, 2.45) is 35.5 Å². The number of hydrogen-bond acceptors (Lipinski definition) is 6. The number of allylic oxidation sites excluding steroid dienone is 2. The zero-order valence-electron chi connectivity index (χ0n) is 22.6. The fourth-order valence-corrected chi connectivity index (χ4v) is 7.23. The Hall–Kier alpha value is -4.08. The second kappa shape index (κ2) is 10.6. The van der Waals surface area contributed by atoms with E-state index >= 15 is 0 Å². The molecule has 8 nitrogen and oxygen atoms in total. The van der Waals surface area contributed by atoms with Crippen molar-refractivity contribution in [3.63, 3.8) is 0 Å². The molecule has 3 aromatic carbocycles. The Bertz CT molecular complexity index is 1670. The Kier molecular flexibility index (Phi) is 6.82. The van der Waals surface area contributed by atoms with Crippen LogP contribution in [0.2, 0.25) is 5.02 Å². The van der Waals surface area contributed by atoms with Gasteiger partial charge in [0.15, 0.2) is 5.78 Å². The van der Waals surface area contributed by atoms with Crippen LogP contribution < -0.4 is 4.74 Å². The van der Waals surface area contributed by atoms with Crippen molar-refractivity contribution in [1.29, 1.82) is 0 Å². The molecule has 216 valence electrons. The molecular weight excluding hydrogens is 636 g/mol. The maximum atomic E-state index is 13.8. The average molecular weight is 660 g/mol. The lowest BCUT2D eigenvalue weighted by molar-refractivity contribution is -0.154. The summed E-state index contributed by atoms with van der Waals surface area (Å²) in [4.78, 5) is 67.5. The molecule has 2 saturated carbocycles. The molecule has 0 N–H and O–H groups in total. The van der Waals surface area contributed by atoms with Gasteiger partial charge in [0, 0.05) is 20.6 Å². The van der Waals surface area contributed by atoms with Gasteiger partial charge in [0.25, 0.3) is 17.7 Å². The minimum absolute atomic E-state index is 0.0303. The van der Waals surface area contributed by atoms with E-state index in [0.29, 0.717) is 22.4 Å². The molecule has 0 aromatic heterocycles. The zero-order valence-corrected chi connectivity index (χ0v) is 24.9. The van der Waals surface area contributed by atoms with Gasteiger partial charge < -0.3 is 4.74 Å². The molecule has 4 aliphatic carbocycles. The molecular formula is C33H24BrClN2O6. The summed E-state index contributed by atoms with van der Waals surface area (Å²) >= 11 is 9.34. The highest BCUT2D eigenvalue weighted by molar-refractivity contribution is 9.10. The van der Waals surface area contributed by atoms with Crippen molar-refractivity contribution in [1.82, 2.24) is 10.0 Å². The van der Waals surface area contributed by atoms with Gasteiger partial charge in [0.1, 0.15) is 12.3 Å². The van der Waals surface area contributed by atoms with E-state index in [0.717, 1.165) is 20.9 Å². The van der Waals surface area contributed by atoms with Crippen molar-refractivity contribution in [2.75, 3.05) is 6.54 Å². The topological polar surface area (TPSA) is 101 Å². The number of halogens is 2. The van der Waals surface area contributed by atoms with Crippen molar-refractivity contribution in [2.45, 2.75) is 6.42 Å². The summed E-state index contributed by atoms with van der Waals surface area (Å²) in [6.45, 7) is -0.536. The van der Waals surface area contributed by atoms with E-state index in [9.17, 15) is 24.0 Å². The quantitative estimate of drug-likeness (QED) is 0.107. The molecule has 1 aliphatic heterocycles. The van der Waals surface area contributed by atoms with Crippen LogP contribution in [0.1, 0.15) is 37.5 Å². The van der Waals surface area contributed by atoms with E-state index in [4.69, 9.17) is 16.3 Å². The highest BCUT2D eigenvalue weighted by atomic mass is 79.9. The fraction of sp³-hybridized carbons (Fsp3) is 0.242. The normalized spacial score (nSPS) is 26.1. The Morgan fingerprint density at radius 2 is 1.33 bits per heavy atom. The maximum absolute atomic E-state index is 13.8. The van der Waals surface area contributed by atoms with E-state index in [1.807, 2.05) is 0 Å². The van der Waals surface area contributed by atoms with Crippen molar-refractivity contribution in [3.8, 4) is 5.75 Å². The number of benzene rings is 3. The van der Waals surface area contributed by atoms with Crippen LogP contribution in [0.15, 0.2) is 89.4 Å². The molecule has 0 unspecified atom stereocenters. The summed E-state index contributed by atoms with van der Waals surface area (Å²) in [5, 5.41) is 2.30. The monoisotopic (exact) mass is 658 g/mol. The number of nitrogens with zero attached hydrogens (tertiary/aromatic N) is 2. The van der Waals surface area contributed by atoms with Crippen LogP contribution in [-0.2, 0) is 9.59 Å². The predicted octanol–water partition coefficient (Wildman–Crippen LogP) is 5.61. The second-order valence-electron chi connectivity index (χ2n) is 11.4. The third-order valence-electron chi connectivity index (χ3n) is 8.97. The number of amides is 3. The Morgan fingerprint density at radius 1 is 0.791 bits per heavy atom. The van der Waals surface area contributed by atoms with Crippen molar-refractivity contribution >= 4 is 57.0 Å². The molecule has 8 rings (SSSR count). The third kappa shape index (κ3) is 4.80. The third-order valence-corrected chi connectivity index (χ3v) is 9.75. The molecule has 1 heterocycles. The number of ketones is 1. The minimum atomic E-state index is -0.657. The first kappa shape index (κ1) is 27.7. The molecule has 5 aliphatic rings. The van der Waals surface area contributed by atoms with Crippen LogP contribution in [0.3, 0.4) is 0 Å². The van der Waals surface area contributed by atoms with Gasteiger partial charge >= 0.3 is 5.97 Å². The molecule has 1 saturated heterocycles. The SMILES string of the molecule is O=C(CN(C(=O)c1ccc(Cl)cc1)N1C(=O)[C@@H]2[C@H]3C=C[C@@H]([C@@H]4C[C@H]34)[C@H]2C1=O)c1ccc(OC(=O)c2ccc(Br)cc2)cc1. The van der Waals surface area contributed by atoms with Crippen LogP contribution in [0.4, 0.5) is 0 Å². The molecule has 10 heteroatoms. The number of imide groups is 1. The minimum Gasteiger partial charge on any atom is -0.423 e. The van der Waals surface area contributed by atoms with Crippen molar-refractivity contribution < 1.29 is 28.7 Å². The fourth-order valence-electron chi connectivity index (χ4n) is 6.84. The van der Waals surface area contributed by atoms with Crippen molar-refractivity contribution in [3.05, 3.63) is 111 Å². The van der Waals surface area contributed by atoms with Gasteiger partial charge in [-0.1, -0.05) is 39.7 Å². The Balaban J connectivity index is 1.13. The van der Waals surface area contributed by atoms with Crippen LogP contribution in [0.25, 0.3) is 0 Å². The van der Waals surface area contributed by atoms with E-state index in [1.165, 1.54) is 48.5 Å². The first-order valence-electron chi connectivity index (χ1n) is 14.0. The van der Waals surface area contributed by atoms with E-state index in [2.05, 4.69) is 28.1 Å². The molecule has 6 atom stereocenters. The summed E-state index contributed by atoms with van der Waals surface area (Å²) in [6, 6.07) is 18.7. The largest absolute Gasteiger partial charge is 0.423 e. The van der Waals surface area contributed by atoms with Gasteiger partial charge in [-0.25, -0.2) is 9.80 Å². The number of carbonyl (C=O) groups excluding carboxylic acids is 5. The highest BCUT2D eigenvalue weighted by Crippen LogP contribution is 2.65. The summed E-state index contributed by atoms with van der Waals surface area (Å²) < 4.78 is 6.25. The number of ether oxygens (including phenoxy) is 1. The number of esters is 1.